The second-order valence-corrected chi connectivity index (χ2v) is 9.23. The molecule has 5 N–H and O–H groups in total. The van der Waals surface area contributed by atoms with Gasteiger partial charge in [-0.15, -0.1) is 0 Å². The van der Waals surface area contributed by atoms with Crippen LogP contribution >= 0.6 is 0 Å². The van der Waals surface area contributed by atoms with Crippen LogP contribution in [0, 0.1) is 5.92 Å². The first-order chi connectivity index (χ1) is 14.8. The molecule has 0 spiro atoms. The highest BCUT2D eigenvalue weighted by Gasteiger charge is 2.35. The van der Waals surface area contributed by atoms with E-state index in [0.29, 0.717) is 24.5 Å². The number of fused-ring (bicyclic) bond motifs is 1. The molecule has 0 saturated heterocycles. The van der Waals surface area contributed by atoms with E-state index in [-0.39, 0.29) is 30.7 Å². The zero-order valence-electron chi connectivity index (χ0n) is 17.1. The zero-order chi connectivity index (χ0) is 22.0. The summed E-state index contributed by atoms with van der Waals surface area (Å²) in [6.45, 7) is -0.145. The standard InChI is InChI=1S/C20H27N5O5S/c1-29-17-7-12-4-2-3-5-15(12)20(17)25-19-9-18(22-11-23-19)24-14-6-13(16(26)8-14)10-30-31(21,27)28/h2-5,9,11,13-14,16-17,20,26H,6-8,10H2,1H3,(H2,21,27,28)(H2,22,23,24,25)/t13-,14+,16-,17-,20+/m1/s1. The largest absolute Gasteiger partial charge is 0.393 e. The van der Waals surface area contributed by atoms with E-state index in [1.807, 2.05) is 18.2 Å². The maximum atomic E-state index is 11.0. The predicted molar refractivity (Wildman–Crippen MR) is 115 cm³/mol. The summed E-state index contributed by atoms with van der Waals surface area (Å²) in [5, 5.41) is 21.8. The highest BCUT2D eigenvalue weighted by atomic mass is 32.2. The topological polar surface area (TPSA) is 149 Å². The molecule has 0 unspecified atom stereocenters. The Hall–Kier alpha value is -2.31. The van der Waals surface area contributed by atoms with Gasteiger partial charge in [-0.1, -0.05) is 24.3 Å². The molecular formula is C20H27N5O5S. The number of benzene rings is 1. The van der Waals surface area contributed by atoms with E-state index >= 15 is 0 Å². The number of hydrogen-bond acceptors (Lipinski definition) is 9. The molecule has 2 aliphatic carbocycles. The Balaban J connectivity index is 1.40. The van der Waals surface area contributed by atoms with Crippen LogP contribution in [0.4, 0.5) is 11.6 Å². The molecule has 31 heavy (non-hydrogen) atoms. The lowest BCUT2D eigenvalue weighted by molar-refractivity contribution is 0.0959. The first kappa shape index (κ1) is 21.9. The number of aromatic nitrogens is 2. The van der Waals surface area contributed by atoms with Gasteiger partial charge in [-0.3, -0.25) is 4.18 Å². The number of nitrogens with one attached hydrogen (secondary N) is 2. The van der Waals surface area contributed by atoms with Crippen LogP contribution in [-0.4, -0.2) is 55.5 Å². The SMILES string of the molecule is CO[C@@H]1Cc2ccccc2[C@@H]1Nc1cc(N[C@H]2C[C@H](COS(N)(=O)=O)[C@H](O)C2)ncn1. The summed E-state index contributed by atoms with van der Waals surface area (Å²) in [6.07, 6.45) is 2.62. The van der Waals surface area contributed by atoms with E-state index in [1.165, 1.54) is 17.5 Å². The van der Waals surface area contributed by atoms with Crippen molar-refractivity contribution in [1.82, 2.24) is 9.97 Å². The summed E-state index contributed by atoms with van der Waals surface area (Å²) in [5.74, 6) is 0.949. The number of rotatable bonds is 8. The average molecular weight is 450 g/mol. The van der Waals surface area contributed by atoms with Crippen molar-refractivity contribution in [2.45, 2.75) is 43.6 Å². The number of aliphatic hydroxyl groups is 1. The summed E-state index contributed by atoms with van der Waals surface area (Å²) in [5.41, 5.74) is 2.45. The van der Waals surface area contributed by atoms with Gasteiger partial charge in [0.15, 0.2) is 0 Å². The molecular weight excluding hydrogens is 422 g/mol. The van der Waals surface area contributed by atoms with Crippen molar-refractivity contribution in [2.75, 3.05) is 24.4 Å². The normalized spacial score (nSPS) is 27.8. The van der Waals surface area contributed by atoms with Crippen molar-refractivity contribution in [3.05, 3.63) is 47.8 Å². The van der Waals surface area contributed by atoms with Gasteiger partial charge < -0.3 is 20.5 Å². The summed E-state index contributed by atoms with van der Waals surface area (Å²) < 4.78 is 32.3. The highest BCUT2D eigenvalue weighted by Crippen LogP contribution is 2.35. The summed E-state index contributed by atoms with van der Waals surface area (Å²) in [6, 6.07) is 9.96. The van der Waals surface area contributed by atoms with Crippen molar-refractivity contribution in [3.63, 3.8) is 0 Å². The van der Waals surface area contributed by atoms with Gasteiger partial charge in [-0.25, -0.2) is 15.1 Å². The molecule has 0 bridgehead atoms. The Morgan fingerprint density at radius 3 is 2.68 bits per heavy atom. The van der Waals surface area contributed by atoms with Crippen molar-refractivity contribution in [2.24, 2.45) is 11.1 Å². The summed E-state index contributed by atoms with van der Waals surface area (Å²) >= 11 is 0. The third-order valence-corrected chi connectivity index (χ3v) is 6.38. The van der Waals surface area contributed by atoms with E-state index in [4.69, 9.17) is 9.88 Å². The van der Waals surface area contributed by atoms with Crippen LogP contribution in [0.5, 0.6) is 0 Å². The molecule has 0 radical (unpaired) electrons. The lowest BCUT2D eigenvalue weighted by atomic mass is 10.1. The number of nitrogens with two attached hydrogens (primary N) is 1. The lowest BCUT2D eigenvalue weighted by Gasteiger charge is -2.22. The average Bonchev–Trinajstić information content (AvgIpc) is 3.26. The molecule has 1 aromatic carbocycles. The van der Waals surface area contributed by atoms with Crippen LogP contribution in [-0.2, 0) is 25.6 Å². The fourth-order valence-corrected chi connectivity index (χ4v) is 4.78. The van der Waals surface area contributed by atoms with Gasteiger partial charge in [0.25, 0.3) is 0 Å². The fourth-order valence-electron chi connectivity index (χ4n) is 4.41. The van der Waals surface area contributed by atoms with Crippen molar-refractivity contribution < 1.29 is 22.4 Å². The fraction of sp³-hybridized carbons (Fsp3) is 0.500. The minimum atomic E-state index is -4.03. The number of nitrogens with zero attached hydrogens (tertiary/aromatic N) is 2. The molecule has 0 aliphatic heterocycles. The van der Waals surface area contributed by atoms with Gasteiger partial charge in [-0.05, 0) is 24.0 Å². The second-order valence-electron chi connectivity index (χ2n) is 8.00. The Kier molecular flexibility index (Phi) is 6.39. The van der Waals surface area contributed by atoms with Crippen molar-refractivity contribution in [3.8, 4) is 0 Å². The minimum Gasteiger partial charge on any atom is -0.393 e. The molecule has 1 fully saturated rings. The molecule has 1 saturated carbocycles. The van der Waals surface area contributed by atoms with Gasteiger partial charge in [0, 0.05) is 31.6 Å². The van der Waals surface area contributed by atoms with Crippen molar-refractivity contribution in [1.29, 1.82) is 0 Å². The van der Waals surface area contributed by atoms with Crippen LogP contribution in [0.3, 0.4) is 0 Å². The van der Waals surface area contributed by atoms with Crippen LogP contribution in [0.1, 0.15) is 30.0 Å². The Morgan fingerprint density at radius 2 is 1.94 bits per heavy atom. The number of methoxy groups -OCH3 is 1. The monoisotopic (exact) mass is 449 g/mol. The molecule has 10 nitrogen and oxygen atoms in total. The number of hydrogen-bond donors (Lipinski definition) is 4. The third kappa shape index (κ3) is 5.31. The van der Waals surface area contributed by atoms with E-state index in [1.54, 1.807) is 7.11 Å². The van der Waals surface area contributed by atoms with Gasteiger partial charge in [0.05, 0.1) is 24.9 Å². The van der Waals surface area contributed by atoms with Gasteiger partial charge in [0.1, 0.15) is 18.0 Å². The predicted octanol–water partition coefficient (Wildman–Crippen LogP) is 0.972. The van der Waals surface area contributed by atoms with E-state index in [0.717, 1.165) is 6.42 Å². The maximum absolute atomic E-state index is 11.0. The van der Waals surface area contributed by atoms with Gasteiger partial charge >= 0.3 is 10.3 Å². The lowest BCUT2D eigenvalue weighted by Crippen LogP contribution is -2.24. The van der Waals surface area contributed by atoms with Crippen LogP contribution in [0.15, 0.2) is 36.7 Å². The first-order valence-electron chi connectivity index (χ1n) is 10.1. The summed E-state index contributed by atoms with van der Waals surface area (Å²) in [7, 11) is -2.32. The number of anilines is 2. The molecule has 4 rings (SSSR count). The van der Waals surface area contributed by atoms with E-state index in [2.05, 4.69) is 36.9 Å². The van der Waals surface area contributed by atoms with Crippen LogP contribution < -0.4 is 15.8 Å². The molecule has 2 aromatic rings. The Morgan fingerprint density at radius 1 is 1.19 bits per heavy atom. The maximum Gasteiger partial charge on any atom is 0.333 e. The molecule has 168 valence electrons. The molecule has 1 heterocycles. The van der Waals surface area contributed by atoms with Crippen LogP contribution in [0.2, 0.25) is 0 Å². The Bertz CT molecular complexity index is 1020. The zero-order valence-corrected chi connectivity index (χ0v) is 18.0. The Labute approximate surface area is 181 Å². The molecule has 1 aromatic heterocycles. The second kappa shape index (κ2) is 9.05. The molecule has 2 aliphatic rings. The van der Waals surface area contributed by atoms with Gasteiger partial charge in [0.2, 0.25) is 0 Å². The van der Waals surface area contributed by atoms with Crippen molar-refractivity contribution >= 4 is 21.9 Å². The van der Waals surface area contributed by atoms with Gasteiger partial charge in [-0.2, -0.15) is 8.42 Å². The minimum absolute atomic E-state index is 0.00772. The molecule has 5 atom stereocenters. The quantitative estimate of drug-likeness (QED) is 0.462. The molecule has 11 heteroatoms. The van der Waals surface area contributed by atoms with Crippen LogP contribution in [0.25, 0.3) is 0 Å². The number of aliphatic hydroxyl groups excluding tert-OH is 1. The smallest absolute Gasteiger partial charge is 0.333 e. The third-order valence-electron chi connectivity index (χ3n) is 5.91. The highest BCUT2D eigenvalue weighted by molar-refractivity contribution is 7.84. The summed E-state index contributed by atoms with van der Waals surface area (Å²) in [4.78, 5) is 8.61. The number of ether oxygens (including phenoxy) is 1. The first-order valence-corrected chi connectivity index (χ1v) is 11.6. The van der Waals surface area contributed by atoms with E-state index in [9.17, 15) is 13.5 Å². The van der Waals surface area contributed by atoms with E-state index < -0.39 is 16.4 Å². The molecule has 0 amide bonds.